The lowest BCUT2D eigenvalue weighted by Gasteiger charge is -2.12. The first kappa shape index (κ1) is 22.2. The van der Waals surface area contributed by atoms with Gasteiger partial charge in [0, 0.05) is 11.8 Å². The van der Waals surface area contributed by atoms with Crippen LogP contribution >= 0.6 is 0 Å². The zero-order chi connectivity index (χ0) is 22.2. The molecule has 0 fully saturated rings. The fourth-order valence-corrected chi connectivity index (χ4v) is 3.14. The second-order valence-corrected chi connectivity index (χ2v) is 7.72. The van der Waals surface area contributed by atoms with Crippen molar-refractivity contribution in [1.29, 1.82) is 0 Å². The molecule has 0 aliphatic carbocycles. The third kappa shape index (κ3) is 6.22. The molecule has 3 aromatic rings. The van der Waals surface area contributed by atoms with E-state index in [0.29, 0.717) is 24.0 Å². The van der Waals surface area contributed by atoms with Crippen LogP contribution < -0.4 is 14.8 Å². The molecule has 0 saturated carbocycles. The lowest BCUT2D eigenvalue weighted by molar-refractivity contribution is -0.111. The number of methoxy groups -OCH3 is 1. The number of carbonyl (C=O) groups excluding carboxylic acids is 1. The molecule has 0 spiro atoms. The molecule has 4 heteroatoms. The molecule has 0 atom stereocenters. The number of amides is 1. The topological polar surface area (TPSA) is 47.6 Å². The van der Waals surface area contributed by atoms with Crippen molar-refractivity contribution in [3.8, 4) is 11.5 Å². The molecular weight excluding hydrogens is 386 g/mol. The molecule has 1 N–H and O–H groups in total. The Morgan fingerprint density at radius 1 is 1.00 bits per heavy atom. The molecule has 0 unspecified atom stereocenters. The van der Waals surface area contributed by atoms with Crippen molar-refractivity contribution in [1.82, 2.24) is 0 Å². The van der Waals surface area contributed by atoms with Crippen LogP contribution in [-0.2, 0) is 11.4 Å². The van der Waals surface area contributed by atoms with Gasteiger partial charge >= 0.3 is 0 Å². The molecule has 4 nitrogen and oxygen atoms in total. The van der Waals surface area contributed by atoms with Gasteiger partial charge in [0.25, 0.3) is 0 Å². The van der Waals surface area contributed by atoms with Crippen LogP contribution in [0.15, 0.2) is 72.8 Å². The highest BCUT2D eigenvalue weighted by Gasteiger charge is 2.07. The number of ether oxygens (including phenoxy) is 2. The summed E-state index contributed by atoms with van der Waals surface area (Å²) in [4.78, 5) is 12.3. The highest BCUT2D eigenvalue weighted by atomic mass is 16.5. The van der Waals surface area contributed by atoms with Gasteiger partial charge in [-0.2, -0.15) is 0 Å². The van der Waals surface area contributed by atoms with Gasteiger partial charge in [-0.05, 0) is 65.4 Å². The fourth-order valence-electron chi connectivity index (χ4n) is 3.14. The molecule has 0 aromatic heterocycles. The maximum Gasteiger partial charge on any atom is 0.248 e. The standard InChI is InChI=1S/C27H29NO3/c1-19(2)22-11-13-24(14-12-22)28-27(29)16-10-21-9-15-25(26(17-21)30-4)31-18-23-8-6-5-7-20(23)3/h5-17,19H,18H2,1-4H3,(H,28,29). The maximum absolute atomic E-state index is 12.3. The number of anilines is 1. The van der Waals surface area contributed by atoms with E-state index in [2.05, 4.69) is 32.2 Å². The minimum Gasteiger partial charge on any atom is -0.493 e. The van der Waals surface area contributed by atoms with E-state index in [-0.39, 0.29) is 5.91 Å². The Bertz CT molecular complexity index is 1050. The van der Waals surface area contributed by atoms with Crippen LogP contribution in [0.25, 0.3) is 6.08 Å². The molecule has 0 aliphatic rings. The largest absolute Gasteiger partial charge is 0.493 e. The van der Waals surface area contributed by atoms with Gasteiger partial charge in [-0.3, -0.25) is 4.79 Å². The molecule has 3 rings (SSSR count). The van der Waals surface area contributed by atoms with Gasteiger partial charge in [0.2, 0.25) is 5.91 Å². The van der Waals surface area contributed by atoms with Crippen LogP contribution in [0.2, 0.25) is 0 Å². The van der Waals surface area contributed by atoms with Crippen molar-refractivity contribution in [3.05, 3.63) is 95.1 Å². The van der Waals surface area contributed by atoms with Gasteiger partial charge in [-0.15, -0.1) is 0 Å². The Morgan fingerprint density at radius 2 is 1.74 bits per heavy atom. The van der Waals surface area contributed by atoms with Crippen molar-refractivity contribution in [2.24, 2.45) is 0 Å². The van der Waals surface area contributed by atoms with Gasteiger partial charge in [0.1, 0.15) is 6.61 Å². The van der Waals surface area contributed by atoms with Crippen LogP contribution in [-0.4, -0.2) is 13.0 Å². The number of carbonyl (C=O) groups is 1. The molecule has 0 aliphatic heterocycles. The summed E-state index contributed by atoms with van der Waals surface area (Å²) in [6, 6.07) is 21.6. The Morgan fingerprint density at radius 3 is 2.42 bits per heavy atom. The number of nitrogens with one attached hydrogen (secondary N) is 1. The van der Waals surface area contributed by atoms with Gasteiger partial charge in [-0.25, -0.2) is 0 Å². The lowest BCUT2D eigenvalue weighted by atomic mass is 10.0. The summed E-state index contributed by atoms with van der Waals surface area (Å²) >= 11 is 0. The van der Waals surface area contributed by atoms with E-state index in [4.69, 9.17) is 9.47 Å². The Balaban J connectivity index is 1.62. The summed E-state index contributed by atoms with van der Waals surface area (Å²) in [5.74, 6) is 1.57. The second kappa shape index (κ2) is 10.5. The summed E-state index contributed by atoms with van der Waals surface area (Å²) < 4.78 is 11.4. The van der Waals surface area contributed by atoms with Crippen LogP contribution in [0.5, 0.6) is 11.5 Å². The molecule has 0 radical (unpaired) electrons. The van der Waals surface area contributed by atoms with Crippen molar-refractivity contribution in [2.45, 2.75) is 33.3 Å². The number of aryl methyl sites for hydroxylation is 1. The van der Waals surface area contributed by atoms with Crippen LogP contribution in [0.1, 0.15) is 42.0 Å². The average Bonchev–Trinajstić information content (AvgIpc) is 2.77. The van der Waals surface area contributed by atoms with Crippen LogP contribution in [0.4, 0.5) is 5.69 Å². The number of benzene rings is 3. The zero-order valence-electron chi connectivity index (χ0n) is 18.5. The van der Waals surface area contributed by atoms with E-state index in [1.807, 2.05) is 60.7 Å². The Hall–Kier alpha value is -3.53. The van der Waals surface area contributed by atoms with Gasteiger partial charge in [0.05, 0.1) is 7.11 Å². The third-order valence-corrected chi connectivity index (χ3v) is 5.10. The Kier molecular flexibility index (Phi) is 7.50. The maximum atomic E-state index is 12.3. The summed E-state index contributed by atoms with van der Waals surface area (Å²) in [5.41, 5.74) is 5.19. The van der Waals surface area contributed by atoms with Crippen LogP contribution in [0.3, 0.4) is 0 Å². The van der Waals surface area contributed by atoms with E-state index < -0.39 is 0 Å². The predicted octanol–water partition coefficient (Wildman–Crippen LogP) is 6.36. The monoisotopic (exact) mass is 415 g/mol. The summed E-state index contributed by atoms with van der Waals surface area (Å²) in [5, 5.41) is 2.88. The van der Waals surface area contributed by atoms with Crippen molar-refractivity contribution < 1.29 is 14.3 Å². The molecule has 0 saturated heterocycles. The van der Waals surface area contributed by atoms with E-state index in [1.165, 1.54) is 17.2 Å². The highest BCUT2D eigenvalue weighted by Crippen LogP contribution is 2.29. The summed E-state index contributed by atoms with van der Waals surface area (Å²) in [7, 11) is 1.61. The smallest absolute Gasteiger partial charge is 0.248 e. The number of hydrogen-bond acceptors (Lipinski definition) is 3. The first-order chi connectivity index (χ1) is 15.0. The second-order valence-electron chi connectivity index (χ2n) is 7.72. The molecule has 0 bridgehead atoms. The predicted molar refractivity (Wildman–Crippen MR) is 127 cm³/mol. The number of rotatable bonds is 8. The molecule has 160 valence electrons. The molecule has 3 aromatic carbocycles. The lowest BCUT2D eigenvalue weighted by Crippen LogP contribution is -2.07. The SMILES string of the molecule is COc1cc(C=CC(=O)Nc2ccc(C(C)C)cc2)ccc1OCc1ccccc1C. The fraction of sp³-hybridized carbons (Fsp3) is 0.222. The van der Waals surface area contributed by atoms with E-state index >= 15 is 0 Å². The van der Waals surface area contributed by atoms with Crippen LogP contribution in [0, 0.1) is 6.92 Å². The first-order valence-electron chi connectivity index (χ1n) is 10.4. The first-order valence-corrected chi connectivity index (χ1v) is 10.4. The molecule has 31 heavy (non-hydrogen) atoms. The Labute approximate surface area is 184 Å². The summed E-state index contributed by atoms with van der Waals surface area (Å²) in [6.07, 6.45) is 3.27. The van der Waals surface area contributed by atoms with E-state index in [0.717, 1.165) is 16.8 Å². The minimum absolute atomic E-state index is 0.184. The van der Waals surface area contributed by atoms with E-state index in [9.17, 15) is 4.79 Å². The zero-order valence-corrected chi connectivity index (χ0v) is 18.5. The normalized spacial score (nSPS) is 11.0. The molecule has 0 heterocycles. The van der Waals surface area contributed by atoms with Gasteiger partial charge < -0.3 is 14.8 Å². The average molecular weight is 416 g/mol. The van der Waals surface area contributed by atoms with Crippen molar-refractivity contribution in [3.63, 3.8) is 0 Å². The third-order valence-electron chi connectivity index (χ3n) is 5.10. The number of hydrogen-bond donors (Lipinski definition) is 1. The van der Waals surface area contributed by atoms with Gasteiger partial charge in [0.15, 0.2) is 11.5 Å². The quantitative estimate of drug-likeness (QED) is 0.436. The highest BCUT2D eigenvalue weighted by molar-refractivity contribution is 6.01. The van der Waals surface area contributed by atoms with Crippen molar-refractivity contribution in [2.75, 3.05) is 12.4 Å². The molecule has 1 amide bonds. The van der Waals surface area contributed by atoms with Crippen molar-refractivity contribution >= 4 is 17.7 Å². The van der Waals surface area contributed by atoms with Gasteiger partial charge in [-0.1, -0.05) is 56.3 Å². The molecular formula is C27H29NO3. The minimum atomic E-state index is -0.184. The van der Waals surface area contributed by atoms with E-state index in [1.54, 1.807) is 13.2 Å². The summed E-state index contributed by atoms with van der Waals surface area (Å²) in [6.45, 7) is 6.82.